The third kappa shape index (κ3) is 3.71. The first-order valence-corrected chi connectivity index (χ1v) is 9.65. The molecule has 26 heavy (non-hydrogen) atoms. The Bertz CT molecular complexity index is 916. The van der Waals surface area contributed by atoms with Crippen molar-refractivity contribution in [3.05, 3.63) is 46.2 Å². The molecule has 1 heterocycles. The van der Waals surface area contributed by atoms with E-state index in [4.69, 9.17) is 5.26 Å². The molecule has 2 aliphatic rings. The van der Waals surface area contributed by atoms with Gasteiger partial charge in [0.25, 0.3) is 0 Å². The summed E-state index contributed by atoms with van der Waals surface area (Å²) in [5.41, 5.74) is -0.203. The van der Waals surface area contributed by atoms with Crippen molar-refractivity contribution in [3.8, 4) is 6.07 Å². The van der Waals surface area contributed by atoms with Gasteiger partial charge in [0.1, 0.15) is 11.8 Å². The fraction of sp³-hybridized carbons (Fsp3) is 0.471. The molecule has 0 saturated heterocycles. The Morgan fingerprint density at radius 3 is 2.58 bits per heavy atom. The van der Waals surface area contributed by atoms with Crippen LogP contribution in [0.15, 0.2) is 34.8 Å². The molecule has 5 nitrogen and oxygen atoms in total. The molecular formula is C17H18F3N3O2S. The summed E-state index contributed by atoms with van der Waals surface area (Å²) in [5.74, 6) is -0.436. The predicted octanol–water partition coefficient (Wildman–Crippen LogP) is 3.09. The van der Waals surface area contributed by atoms with E-state index in [2.05, 4.69) is 4.72 Å². The summed E-state index contributed by atoms with van der Waals surface area (Å²) in [6.07, 6.45) is -0.971. The minimum atomic E-state index is -4.75. The van der Waals surface area contributed by atoms with Gasteiger partial charge in [-0.05, 0) is 43.4 Å². The molecule has 0 aliphatic heterocycles. The molecule has 1 aromatic heterocycles. The molecule has 1 unspecified atom stereocenters. The minimum absolute atomic E-state index is 0.164. The van der Waals surface area contributed by atoms with E-state index in [-0.39, 0.29) is 12.5 Å². The molecule has 140 valence electrons. The summed E-state index contributed by atoms with van der Waals surface area (Å²) < 4.78 is 69.2. The Labute approximate surface area is 149 Å². The summed E-state index contributed by atoms with van der Waals surface area (Å²) in [6.45, 7) is 0.164. The van der Waals surface area contributed by atoms with Gasteiger partial charge in [0.15, 0.2) is 0 Å². The Balaban J connectivity index is 1.93. The second-order valence-corrected chi connectivity index (χ2v) is 8.36. The van der Waals surface area contributed by atoms with Crippen molar-refractivity contribution >= 4 is 10.0 Å². The predicted molar refractivity (Wildman–Crippen MR) is 89.4 cm³/mol. The minimum Gasteiger partial charge on any atom is -0.339 e. The highest BCUT2D eigenvalue weighted by atomic mass is 32.2. The maximum absolute atomic E-state index is 13.6. The maximum Gasteiger partial charge on any atom is 0.414 e. The van der Waals surface area contributed by atoms with Crippen LogP contribution in [-0.2, 0) is 17.1 Å². The highest BCUT2D eigenvalue weighted by Gasteiger charge is 2.42. The summed E-state index contributed by atoms with van der Waals surface area (Å²) in [6, 6.07) is 5.08. The number of sulfonamides is 1. The number of nitrogens with one attached hydrogen (secondary N) is 1. The van der Waals surface area contributed by atoms with Crippen LogP contribution < -0.4 is 4.72 Å². The van der Waals surface area contributed by atoms with Crippen LogP contribution in [0.2, 0.25) is 0 Å². The van der Waals surface area contributed by atoms with E-state index in [1.165, 1.54) is 16.7 Å². The van der Waals surface area contributed by atoms with E-state index in [0.29, 0.717) is 11.4 Å². The SMILES string of the molecule is Cn1c(C#N)ccc1C1C=CC(S(=O)(=O)NCC2CC2)=C(C(F)(F)F)C1. The molecule has 1 aromatic rings. The van der Waals surface area contributed by atoms with Crippen molar-refractivity contribution in [3.63, 3.8) is 0 Å². The maximum atomic E-state index is 13.6. The lowest BCUT2D eigenvalue weighted by Gasteiger charge is -2.25. The number of alkyl halides is 3. The van der Waals surface area contributed by atoms with E-state index in [1.807, 2.05) is 6.07 Å². The van der Waals surface area contributed by atoms with Gasteiger partial charge in [0.05, 0.1) is 10.5 Å². The Kier molecular flexibility index (Phi) is 4.75. The fourth-order valence-electron chi connectivity index (χ4n) is 3.04. The molecule has 1 fully saturated rings. The molecule has 1 N–H and O–H groups in total. The largest absolute Gasteiger partial charge is 0.414 e. The van der Waals surface area contributed by atoms with Gasteiger partial charge >= 0.3 is 6.18 Å². The third-order valence-corrected chi connectivity index (χ3v) is 6.26. The van der Waals surface area contributed by atoms with Crippen LogP contribution in [0.3, 0.4) is 0 Å². The van der Waals surface area contributed by atoms with Crippen LogP contribution in [0.4, 0.5) is 13.2 Å². The molecule has 9 heteroatoms. The van der Waals surface area contributed by atoms with Gasteiger partial charge in [0.2, 0.25) is 10.0 Å². The van der Waals surface area contributed by atoms with Crippen molar-refractivity contribution < 1.29 is 21.6 Å². The molecule has 0 bridgehead atoms. The molecule has 2 aliphatic carbocycles. The van der Waals surface area contributed by atoms with Gasteiger partial charge in [-0.25, -0.2) is 13.1 Å². The zero-order valence-electron chi connectivity index (χ0n) is 14.0. The first-order valence-electron chi connectivity index (χ1n) is 8.17. The number of hydrogen-bond acceptors (Lipinski definition) is 3. The molecule has 1 atom stereocenters. The van der Waals surface area contributed by atoms with Crippen LogP contribution >= 0.6 is 0 Å². The first-order chi connectivity index (χ1) is 12.1. The third-order valence-electron chi connectivity index (χ3n) is 4.75. The van der Waals surface area contributed by atoms with Crippen LogP contribution in [0.5, 0.6) is 0 Å². The highest BCUT2D eigenvalue weighted by Crippen LogP contribution is 2.41. The van der Waals surface area contributed by atoms with E-state index in [1.54, 1.807) is 13.1 Å². The number of rotatable bonds is 5. The average molecular weight is 385 g/mol. The molecule has 0 spiro atoms. The van der Waals surface area contributed by atoms with E-state index >= 15 is 0 Å². The van der Waals surface area contributed by atoms with Gasteiger partial charge in [-0.15, -0.1) is 0 Å². The van der Waals surface area contributed by atoms with E-state index < -0.39 is 39.0 Å². The lowest BCUT2D eigenvalue weighted by atomic mass is 9.91. The Morgan fingerprint density at radius 2 is 2.04 bits per heavy atom. The monoisotopic (exact) mass is 385 g/mol. The molecule has 3 rings (SSSR count). The summed E-state index contributed by atoms with van der Waals surface area (Å²) >= 11 is 0. The smallest absolute Gasteiger partial charge is 0.339 e. The second-order valence-electron chi connectivity index (χ2n) is 6.62. The van der Waals surface area contributed by atoms with Crippen LogP contribution in [-0.4, -0.2) is 25.7 Å². The number of aromatic nitrogens is 1. The summed E-state index contributed by atoms with van der Waals surface area (Å²) in [4.78, 5) is -0.711. The van der Waals surface area contributed by atoms with Gasteiger partial charge in [0, 0.05) is 25.2 Å². The Morgan fingerprint density at radius 1 is 1.35 bits per heavy atom. The highest BCUT2D eigenvalue weighted by molar-refractivity contribution is 7.93. The number of hydrogen-bond donors (Lipinski definition) is 1. The second kappa shape index (κ2) is 6.59. The molecule has 0 radical (unpaired) electrons. The van der Waals surface area contributed by atoms with Crippen molar-refractivity contribution in [2.75, 3.05) is 6.54 Å². The van der Waals surface area contributed by atoms with Crippen LogP contribution in [0, 0.1) is 17.2 Å². The lowest BCUT2D eigenvalue weighted by molar-refractivity contribution is -0.0948. The molecule has 0 aromatic carbocycles. The van der Waals surface area contributed by atoms with Crippen molar-refractivity contribution in [1.82, 2.24) is 9.29 Å². The number of allylic oxidation sites excluding steroid dienone is 3. The zero-order valence-corrected chi connectivity index (χ0v) is 14.9. The average Bonchev–Trinajstić information content (AvgIpc) is 3.33. The topological polar surface area (TPSA) is 74.9 Å². The number of nitriles is 1. The van der Waals surface area contributed by atoms with Crippen molar-refractivity contribution in [1.29, 1.82) is 5.26 Å². The molecular weight excluding hydrogens is 367 g/mol. The van der Waals surface area contributed by atoms with Gasteiger partial charge < -0.3 is 4.57 Å². The van der Waals surface area contributed by atoms with Gasteiger partial charge in [-0.3, -0.25) is 0 Å². The van der Waals surface area contributed by atoms with Crippen LogP contribution in [0.1, 0.15) is 36.6 Å². The van der Waals surface area contributed by atoms with E-state index in [9.17, 15) is 21.6 Å². The number of nitrogens with zero attached hydrogens (tertiary/aromatic N) is 2. The normalized spacial score (nSPS) is 21.1. The Hall–Kier alpha value is -2.05. The first kappa shape index (κ1) is 18.7. The van der Waals surface area contributed by atoms with Crippen molar-refractivity contribution in [2.45, 2.75) is 31.4 Å². The van der Waals surface area contributed by atoms with Crippen LogP contribution in [0.25, 0.3) is 0 Å². The van der Waals surface area contributed by atoms with Gasteiger partial charge in [-0.1, -0.05) is 6.08 Å². The molecule has 1 saturated carbocycles. The van der Waals surface area contributed by atoms with Gasteiger partial charge in [-0.2, -0.15) is 18.4 Å². The number of halogens is 3. The summed E-state index contributed by atoms with van der Waals surface area (Å²) in [5, 5.41) is 9.00. The summed E-state index contributed by atoms with van der Waals surface area (Å²) in [7, 11) is -2.62. The lowest BCUT2D eigenvalue weighted by Crippen LogP contribution is -2.31. The fourth-order valence-corrected chi connectivity index (χ4v) is 4.43. The van der Waals surface area contributed by atoms with E-state index in [0.717, 1.165) is 18.9 Å². The standard InChI is InChI=1S/C17H18F3N3O2S/c1-23-13(9-21)5-6-15(23)12-4-7-16(14(8-12)17(18,19)20)26(24,25)22-10-11-2-3-11/h4-7,11-12,22H,2-3,8,10H2,1H3. The van der Waals surface area contributed by atoms with Crippen molar-refractivity contribution in [2.24, 2.45) is 13.0 Å². The molecule has 0 amide bonds. The zero-order chi connectivity index (χ0) is 19.1. The quantitative estimate of drug-likeness (QED) is 0.846.